The maximum atomic E-state index is 11.9. The summed E-state index contributed by atoms with van der Waals surface area (Å²) in [5, 5.41) is 8.94. The SMILES string of the molecule is CCOC(=O)CN(C(=O)OC(C)(C)C)C(C)C(=O)O. The highest BCUT2D eigenvalue weighted by atomic mass is 16.6. The van der Waals surface area contributed by atoms with Gasteiger partial charge < -0.3 is 14.6 Å². The van der Waals surface area contributed by atoms with Gasteiger partial charge in [0.2, 0.25) is 0 Å². The number of rotatable bonds is 5. The summed E-state index contributed by atoms with van der Waals surface area (Å²) in [5.74, 6) is -1.91. The molecule has 19 heavy (non-hydrogen) atoms. The van der Waals surface area contributed by atoms with Crippen LogP contribution in [0.4, 0.5) is 4.79 Å². The number of carbonyl (C=O) groups excluding carboxylic acids is 2. The first-order chi connectivity index (χ1) is 8.58. The highest BCUT2D eigenvalue weighted by Crippen LogP contribution is 2.12. The molecule has 0 aliphatic rings. The van der Waals surface area contributed by atoms with E-state index in [-0.39, 0.29) is 6.61 Å². The van der Waals surface area contributed by atoms with Crippen molar-refractivity contribution in [1.29, 1.82) is 0 Å². The van der Waals surface area contributed by atoms with Crippen molar-refractivity contribution < 1.29 is 29.0 Å². The van der Waals surface area contributed by atoms with Gasteiger partial charge in [0, 0.05) is 0 Å². The number of amides is 1. The molecule has 0 saturated heterocycles. The number of nitrogens with zero attached hydrogens (tertiary/aromatic N) is 1. The Balaban J connectivity index is 4.91. The molecule has 0 aromatic carbocycles. The maximum absolute atomic E-state index is 11.9. The molecule has 1 N–H and O–H groups in total. The Labute approximate surface area is 112 Å². The molecule has 0 aliphatic heterocycles. The predicted octanol–water partition coefficient (Wildman–Crippen LogP) is 1.26. The van der Waals surface area contributed by atoms with Crippen LogP contribution in [0.2, 0.25) is 0 Å². The molecule has 0 bridgehead atoms. The largest absolute Gasteiger partial charge is 0.480 e. The summed E-state index contributed by atoms with van der Waals surface area (Å²) in [6.07, 6.45) is -0.865. The summed E-state index contributed by atoms with van der Waals surface area (Å²) in [6.45, 7) is 7.57. The van der Waals surface area contributed by atoms with Crippen LogP contribution in [0.5, 0.6) is 0 Å². The summed E-state index contributed by atoms with van der Waals surface area (Å²) >= 11 is 0. The molecule has 0 radical (unpaired) electrons. The molecule has 0 aromatic heterocycles. The molecule has 0 aliphatic carbocycles. The van der Waals surface area contributed by atoms with E-state index in [1.165, 1.54) is 6.92 Å². The molecule has 1 amide bonds. The lowest BCUT2D eigenvalue weighted by Gasteiger charge is -2.29. The van der Waals surface area contributed by atoms with E-state index in [1.54, 1.807) is 27.7 Å². The Bertz CT molecular complexity index is 347. The van der Waals surface area contributed by atoms with Crippen LogP contribution in [0.15, 0.2) is 0 Å². The van der Waals surface area contributed by atoms with E-state index < -0.39 is 36.2 Å². The Morgan fingerprint density at radius 3 is 2.16 bits per heavy atom. The zero-order valence-corrected chi connectivity index (χ0v) is 11.9. The molecule has 1 atom stereocenters. The van der Waals surface area contributed by atoms with Crippen molar-refractivity contribution in [2.75, 3.05) is 13.2 Å². The Morgan fingerprint density at radius 2 is 1.79 bits per heavy atom. The van der Waals surface area contributed by atoms with Gasteiger partial charge in [-0.2, -0.15) is 0 Å². The molecule has 0 heterocycles. The van der Waals surface area contributed by atoms with Crippen molar-refractivity contribution in [1.82, 2.24) is 4.90 Å². The van der Waals surface area contributed by atoms with E-state index in [1.807, 2.05) is 0 Å². The van der Waals surface area contributed by atoms with E-state index in [2.05, 4.69) is 0 Å². The van der Waals surface area contributed by atoms with Crippen LogP contribution in [-0.2, 0) is 19.1 Å². The molecular formula is C12H21NO6. The van der Waals surface area contributed by atoms with Gasteiger partial charge in [0.15, 0.2) is 0 Å². The molecule has 0 rings (SSSR count). The summed E-state index contributed by atoms with van der Waals surface area (Å²) < 4.78 is 9.77. The minimum absolute atomic E-state index is 0.155. The second-order valence-electron chi connectivity index (χ2n) is 4.93. The van der Waals surface area contributed by atoms with Crippen molar-refractivity contribution >= 4 is 18.0 Å². The summed E-state index contributed by atoms with van der Waals surface area (Å²) in [7, 11) is 0. The normalized spacial score (nSPS) is 12.5. The first kappa shape index (κ1) is 17.2. The molecular weight excluding hydrogens is 254 g/mol. The quantitative estimate of drug-likeness (QED) is 0.759. The number of carboxylic acid groups (broad SMARTS) is 1. The van der Waals surface area contributed by atoms with Crippen molar-refractivity contribution in [3.8, 4) is 0 Å². The van der Waals surface area contributed by atoms with Crippen LogP contribution >= 0.6 is 0 Å². The van der Waals surface area contributed by atoms with Gasteiger partial charge in [0.25, 0.3) is 0 Å². The second kappa shape index (κ2) is 6.96. The van der Waals surface area contributed by atoms with Gasteiger partial charge in [-0.25, -0.2) is 9.59 Å². The molecule has 7 nitrogen and oxygen atoms in total. The molecule has 0 fully saturated rings. The zero-order chi connectivity index (χ0) is 15.2. The average molecular weight is 275 g/mol. The van der Waals surface area contributed by atoms with Crippen LogP contribution in [-0.4, -0.2) is 52.8 Å². The number of aliphatic carboxylic acids is 1. The molecule has 0 spiro atoms. The van der Waals surface area contributed by atoms with Gasteiger partial charge in [-0.3, -0.25) is 9.69 Å². The third kappa shape index (κ3) is 6.64. The van der Waals surface area contributed by atoms with Gasteiger partial charge in [-0.15, -0.1) is 0 Å². The predicted molar refractivity (Wildman–Crippen MR) is 66.7 cm³/mol. The number of ether oxygens (including phenoxy) is 2. The minimum atomic E-state index is -1.23. The topological polar surface area (TPSA) is 93.1 Å². The van der Waals surface area contributed by atoms with Crippen molar-refractivity contribution in [3.63, 3.8) is 0 Å². The Hall–Kier alpha value is -1.79. The fourth-order valence-electron chi connectivity index (χ4n) is 1.16. The van der Waals surface area contributed by atoms with E-state index in [4.69, 9.17) is 14.6 Å². The standard InChI is InChI=1S/C12H21NO6/c1-6-18-9(14)7-13(8(2)10(15)16)11(17)19-12(3,4)5/h8H,6-7H2,1-5H3,(H,15,16). The van der Waals surface area contributed by atoms with Crippen LogP contribution in [0.25, 0.3) is 0 Å². The van der Waals surface area contributed by atoms with Crippen molar-refractivity contribution in [2.24, 2.45) is 0 Å². The molecule has 0 aromatic rings. The number of esters is 1. The van der Waals surface area contributed by atoms with Crippen LogP contribution in [0.1, 0.15) is 34.6 Å². The van der Waals surface area contributed by atoms with E-state index in [0.29, 0.717) is 0 Å². The highest BCUT2D eigenvalue weighted by molar-refractivity contribution is 5.84. The Kier molecular flexibility index (Phi) is 6.31. The number of hydrogen-bond donors (Lipinski definition) is 1. The van der Waals surface area contributed by atoms with Crippen LogP contribution in [0.3, 0.4) is 0 Å². The lowest BCUT2D eigenvalue weighted by molar-refractivity contribution is -0.148. The average Bonchev–Trinajstić information content (AvgIpc) is 2.22. The van der Waals surface area contributed by atoms with Gasteiger partial charge in [0.05, 0.1) is 6.61 Å². The zero-order valence-electron chi connectivity index (χ0n) is 11.9. The smallest absolute Gasteiger partial charge is 0.411 e. The van der Waals surface area contributed by atoms with E-state index in [0.717, 1.165) is 4.90 Å². The van der Waals surface area contributed by atoms with Crippen molar-refractivity contribution in [3.05, 3.63) is 0 Å². The van der Waals surface area contributed by atoms with Crippen molar-refractivity contribution in [2.45, 2.75) is 46.3 Å². The molecule has 1 unspecified atom stereocenters. The molecule has 110 valence electrons. The molecule has 7 heteroatoms. The van der Waals surface area contributed by atoms with E-state index in [9.17, 15) is 14.4 Å². The monoisotopic (exact) mass is 275 g/mol. The van der Waals surface area contributed by atoms with Gasteiger partial charge in [0.1, 0.15) is 18.2 Å². The van der Waals surface area contributed by atoms with Gasteiger partial charge in [-0.05, 0) is 34.6 Å². The van der Waals surface area contributed by atoms with Gasteiger partial charge in [-0.1, -0.05) is 0 Å². The summed E-state index contributed by atoms with van der Waals surface area (Å²) in [6, 6.07) is -1.18. The molecule has 0 saturated carbocycles. The number of carbonyl (C=O) groups is 3. The highest BCUT2D eigenvalue weighted by Gasteiger charge is 2.31. The lowest BCUT2D eigenvalue weighted by atomic mass is 10.2. The third-order valence-corrected chi connectivity index (χ3v) is 2.06. The number of carboxylic acids is 1. The fourth-order valence-corrected chi connectivity index (χ4v) is 1.16. The Morgan fingerprint density at radius 1 is 1.26 bits per heavy atom. The minimum Gasteiger partial charge on any atom is -0.480 e. The van der Waals surface area contributed by atoms with Gasteiger partial charge >= 0.3 is 18.0 Å². The van der Waals surface area contributed by atoms with Crippen LogP contribution < -0.4 is 0 Å². The first-order valence-electron chi connectivity index (χ1n) is 5.96. The first-order valence-corrected chi connectivity index (χ1v) is 5.96. The second-order valence-corrected chi connectivity index (χ2v) is 4.93. The fraction of sp³-hybridized carbons (Fsp3) is 0.750. The number of hydrogen-bond acceptors (Lipinski definition) is 5. The third-order valence-electron chi connectivity index (χ3n) is 2.06. The van der Waals surface area contributed by atoms with E-state index >= 15 is 0 Å². The van der Waals surface area contributed by atoms with Crippen LogP contribution in [0, 0.1) is 0 Å². The maximum Gasteiger partial charge on any atom is 0.411 e. The summed E-state index contributed by atoms with van der Waals surface area (Å²) in [4.78, 5) is 35.0. The summed E-state index contributed by atoms with van der Waals surface area (Å²) in [5.41, 5.74) is -0.776. The lowest BCUT2D eigenvalue weighted by Crippen LogP contribution is -2.48.